The summed E-state index contributed by atoms with van der Waals surface area (Å²) in [5.74, 6) is 0.236. The molecular formula is C11H15N5O5. The first-order valence-corrected chi connectivity index (χ1v) is 6.24. The number of aliphatic hydroxyl groups is 2. The number of nitrogens with two attached hydrogens (primary N) is 1. The van der Waals surface area contributed by atoms with E-state index in [0.29, 0.717) is 11.2 Å². The van der Waals surface area contributed by atoms with Crippen molar-refractivity contribution in [3.63, 3.8) is 0 Å². The van der Waals surface area contributed by atoms with E-state index in [-0.39, 0.29) is 12.4 Å². The molecule has 1 aliphatic rings. The highest BCUT2D eigenvalue weighted by atomic mass is 17.2. The number of rotatable bonds is 4. The van der Waals surface area contributed by atoms with Gasteiger partial charge in [0.1, 0.15) is 24.1 Å². The van der Waals surface area contributed by atoms with Crippen LogP contribution in [0.15, 0.2) is 12.7 Å². The molecule has 1 fully saturated rings. The second kappa shape index (κ2) is 5.50. The molecule has 0 amide bonds. The average molecular weight is 297 g/mol. The number of hydrogen-bond donors (Lipinski definition) is 3. The zero-order valence-electron chi connectivity index (χ0n) is 11.2. The summed E-state index contributed by atoms with van der Waals surface area (Å²) in [6, 6.07) is 0. The molecule has 4 N–H and O–H groups in total. The van der Waals surface area contributed by atoms with Gasteiger partial charge in [0, 0.05) is 0 Å². The van der Waals surface area contributed by atoms with Crippen LogP contribution >= 0.6 is 0 Å². The lowest BCUT2D eigenvalue weighted by Gasteiger charge is -2.19. The van der Waals surface area contributed by atoms with Crippen molar-refractivity contribution >= 4 is 17.0 Å². The molecule has 0 spiro atoms. The van der Waals surface area contributed by atoms with Crippen molar-refractivity contribution in [2.45, 2.75) is 24.5 Å². The quantitative estimate of drug-likeness (QED) is 0.459. The second-order valence-electron chi connectivity index (χ2n) is 4.55. The Balaban J connectivity index is 2.02. The molecule has 2 aromatic heterocycles. The smallest absolute Gasteiger partial charge is 0.169 e. The number of ether oxygens (including phenoxy) is 1. The molecule has 0 saturated carbocycles. The Labute approximate surface area is 119 Å². The van der Waals surface area contributed by atoms with E-state index in [1.807, 2.05) is 0 Å². The van der Waals surface area contributed by atoms with Gasteiger partial charge in [-0.2, -0.15) is 0 Å². The lowest BCUT2D eigenvalue weighted by Crippen LogP contribution is -2.35. The predicted octanol–water partition coefficient (Wildman–Crippen LogP) is -1.39. The van der Waals surface area contributed by atoms with Crippen LogP contribution in [0.25, 0.3) is 11.2 Å². The van der Waals surface area contributed by atoms with E-state index < -0.39 is 24.5 Å². The molecule has 10 heteroatoms. The van der Waals surface area contributed by atoms with E-state index in [9.17, 15) is 10.2 Å². The summed E-state index contributed by atoms with van der Waals surface area (Å²) in [5.41, 5.74) is 6.58. The summed E-state index contributed by atoms with van der Waals surface area (Å²) >= 11 is 0. The maximum Gasteiger partial charge on any atom is 0.169 e. The lowest BCUT2D eigenvalue weighted by atomic mass is 10.1. The number of aliphatic hydroxyl groups excluding tert-OH is 2. The Kier molecular flexibility index (Phi) is 3.69. The Morgan fingerprint density at radius 3 is 2.95 bits per heavy atom. The van der Waals surface area contributed by atoms with E-state index in [0.717, 1.165) is 0 Å². The van der Waals surface area contributed by atoms with E-state index in [4.69, 9.17) is 15.4 Å². The highest BCUT2D eigenvalue weighted by Gasteiger charge is 2.46. The van der Waals surface area contributed by atoms with Gasteiger partial charge in [-0.05, 0) is 0 Å². The van der Waals surface area contributed by atoms with Crippen LogP contribution in [0.1, 0.15) is 6.23 Å². The molecular weight excluding hydrogens is 282 g/mol. The van der Waals surface area contributed by atoms with Gasteiger partial charge >= 0.3 is 0 Å². The van der Waals surface area contributed by atoms with Gasteiger partial charge < -0.3 is 20.7 Å². The summed E-state index contributed by atoms with van der Waals surface area (Å²) in [6.45, 7) is -0.356. The van der Waals surface area contributed by atoms with Crippen LogP contribution in [-0.4, -0.2) is 61.8 Å². The first kappa shape index (κ1) is 14.1. The summed E-state index contributed by atoms with van der Waals surface area (Å²) in [7, 11) is 1.32. The highest BCUT2D eigenvalue weighted by Crippen LogP contribution is 2.33. The van der Waals surface area contributed by atoms with Crippen molar-refractivity contribution in [2.75, 3.05) is 19.5 Å². The minimum absolute atomic E-state index is 0.236. The molecule has 0 aromatic carbocycles. The zero-order chi connectivity index (χ0) is 15.0. The maximum absolute atomic E-state index is 10.1. The van der Waals surface area contributed by atoms with Crippen LogP contribution < -0.4 is 5.73 Å². The van der Waals surface area contributed by atoms with Crippen LogP contribution in [0, 0.1) is 0 Å². The third-order valence-electron chi connectivity index (χ3n) is 3.36. The Morgan fingerprint density at radius 1 is 1.43 bits per heavy atom. The first-order chi connectivity index (χ1) is 10.2. The monoisotopic (exact) mass is 297 g/mol. The number of imidazole rings is 1. The maximum atomic E-state index is 10.1. The van der Waals surface area contributed by atoms with Crippen LogP contribution in [-0.2, 0) is 14.5 Å². The molecule has 2 aromatic rings. The summed E-state index contributed by atoms with van der Waals surface area (Å²) in [6.07, 6.45) is -0.712. The topological polar surface area (TPSA) is 138 Å². The van der Waals surface area contributed by atoms with Crippen LogP contribution in [0.4, 0.5) is 5.82 Å². The van der Waals surface area contributed by atoms with Crippen LogP contribution in [0.5, 0.6) is 0 Å². The summed E-state index contributed by atoms with van der Waals surface area (Å²) < 4.78 is 7.15. The third kappa shape index (κ3) is 2.22. The Hall–Kier alpha value is -1.85. The van der Waals surface area contributed by atoms with Crippen molar-refractivity contribution in [3.05, 3.63) is 12.7 Å². The van der Waals surface area contributed by atoms with Gasteiger partial charge in [-0.15, -0.1) is 0 Å². The van der Waals surface area contributed by atoms with Gasteiger partial charge in [0.2, 0.25) is 0 Å². The molecule has 21 heavy (non-hydrogen) atoms. The van der Waals surface area contributed by atoms with Gasteiger partial charge in [0.15, 0.2) is 23.8 Å². The van der Waals surface area contributed by atoms with Gasteiger partial charge in [0.05, 0.1) is 20.0 Å². The number of nitrogens with zero attached hydrogens (tertiary/aromatic N) is 4. The van der Waals surface area contributed by atoms with Gasteiger partial charge in [0.25, 0.3) is 0 Å². The number of fused-ring (bicyclic) bond motifs is 1. The van der Waals surface area contributed by atoms with Gasteiger partial charge in [-0.25, -0.2) is 24.7 Å². The summed E-state index contributed by atoms with van der Waals surface area (Å²) in [5, 5.41) is 19.3. The normalized spacial score (nSPS) is 29.3. The first-order valence-electron chi connectivity index (χ1n) is 6.24. The molecule has 4 atom stereocenters. The van der Waals surface area contributed by atoms with Crippen molar-refractivity contribution in [1.29, 1.82) is 0 Å². The molecule has 0 unspecified atom stereocenters. The third-order valence-corrected chi connectivity index (χ3v) is 3.36. The van der Waals surface area contributed by atoms with Crippen molar-refractivity contribution < 1.29 is 24.7 Å². The number of anilines is 1. The van der Waals surface area contributed by atoms with Crippen molar-refractivity contribution in [3.8, 4) is 0 Å². The molecule has 1 aliphatic heterocycles. The fourth-order valence-corrected chi connectivity index (χ4v) is 2.36. The highest BCUT2D eigenvalue weighted by molar-refractivity contribution is 5.81. The van der Waals surface area contributed by atoms with E-state index >= 15 is 0 Å². The van der Waals surface area contributed by atoms with Crippen LogP contribution in [0.3, 0.4) is 0 Å². The minimum atomic E-state index is -1.06. The zero-order valence-corrected chi connectivity index (χ0v) is 11.2. The predicted molar refractivity (Wildman–Crippen MR) is 68.6 cm³/mol. The lowest BCUT2D eigenvalue weighted by molar-refractivity contribution is -0.327. The van der Waals surface area contributed by atoms with E-state index in [2.05, 4.69) is 19.8 Å². The SMILES string of the molecule is COO[C@@H]1[C@@H](O)[C@@H](CO)O[C@H]1n1cnc2c(N)ncnc21. The van der Waals surface area contributed by atoms with Crippen molar-refractivity contribution in [2.24, 2.45) is 0 Å². The van der Waals surface area contributed by atoms with Crippen LogP contribution in [0.2, 0.25) is 0 Å². The molecule has 3 rings (SSSR count). The Morgan fingerprint density at radius 2 is 2.24 bits per heavy atom. The number of aromatic nitrogens is 4. The minimum Gasteiger partial charge on any atom is -0.394 e. The molecule has 3 heterocycles. The summed E-state index contributed by atoms with van der Waals surface area (Å²) in [4.78, 5) is 21.8. The molecule has 0 bridgehead atoms. The average Bonchev–Trinajstić information content (AvgIpc) is 3.03. The second-order valence-corrected chi connectivity index (χ2v) is 4.55. The van der Waals surface area contributed by atoms with Gasteiger partial charge in [-0.1, -0.05) is 0 Å². The van der Waals surface area contributed by atoms with E-state index in [1.54, 1.807) is 4.57 Å². The molecule has 1 saturated heterocycles. The molecule has 0 aliphatic carbocycles. The fourth-order valence-electron chi connectivity index (χ4n) is 2.36. The molecule has 10 nitrogen and oxygen atoms in total. The number of hydrogen-bond acceptors (Lipinski definition) is 9. The standard InChI is InChI=1S/C11H15N5O5/c1-19-21-8-7(18)5(2-17)20-11(8)16-4-15-6-9(12)13-3-14-10(6)16/h3-5,7-8,11,17-18H,2H2,1H3,(H2,12,13,14)/t5-,7+,8-,11-/m1/s1. The van der Waals surface area contributed by atoms with E-state index in [1.165, 1.54) is 19.8 Å². The molecule has 0 radical (unpaired) electrons. The largest absolute Gasteiger partial charge is 0.394 e. The van der Waals surface area contributed by atoms with Gasteiger partial charge in [-0.3, -0.25) is 4.57 Å². The molecule has 114 valence electrons. The number of nitrogen functional groups attached to an aromatic ring is 1. The Bertz CT molecular complexity index is 634. The van der Waals surface area contributed by atoms with Crippen molar-refractivity contribution in [1.82, 2.24) is 19.5 Å². The fraction of sp³-hybridized carbons (Fsp3) is 0.545.